The quantitative estimate of drug-likeness (QED) is 0.177. The Labute approximate surface area is 195 Å². The number of nitrogens with one attached hydrogen (secondary N) is 2. The second-order valence-corrected chi connectivity index (χ2v) is 8.97. The number of hydrogen-bond donors (Lipinski definition) is 4. The Kier molecular flexibility index (Phi) is 20.1. The predicted octanol–water partition coefficient (Wildman–Crippen LogP) is 4.67. The third kappa shape index (κ3) is 18.0. The van der Waals surface area contributed by atoms with Crippen molar-refractivity contribution in [3.63, 3.8) is 0 Å². The van der Waals surface area contributed by atoms with Gasteiger partial charge in [0.25, 0.3) is 0 Å². The van der Waals surface area contributed by atoms with Crippen molar-refractivity contribution in [2.45, 2.75) is 135 Å². The Morgan fingerprint density at radius 2 is 1.25 bits per heavy atom. The van der Waals surface area contributed by atoms with Gasteiger partial charge in [-0.2, -0.15) is 0 Å². The van der Waals surface area contributed by atoms with Gasteiger partial charge >= 0.3 is 5.97 Å². The van der Waals surface area contributed by atoms with Crippen LogP contribution in [0.25, 0.3) is 0 Å². The van der Waals surface area contributed by atoms with Crippen LogP contribution in [0, 0.1) is 0 Å². The second-order valence-electron chi connectivity index (χ2n) is 8.97. The van der Waals surface area contributed by atoms with Gasteiger partial charge in [0.05, 0.1) is 0 Å². The summed E-state index contributed by atoms with van der Waals surface area (Å²) < 4.78 is 0. The highest BCUT2D eigenvalue weighted by Gasteiger charge is 2.23. The molecule has 2 amide bonds. The molecular formula is C25H49N3O4. The lowest BCUT2D eigenvalue weighted by Crippen LogP contribution is -2.50. The molecule has 7 heteroatoms. The zero-order valence-electron chi connectivity index (χ0n) is 20.6. The van der Waals surface area contributed by atoms with E-state index >= 15 is 0 Å². The van der Waals surface area contributed by atoms with Gasteiger partial charge < -0.3 is 21.5 Å². The average molecular weight is 456 g/mol. The first kappa shape index (κ1) is 30.4. The van der Waals surface area contributed by atoms with Crippen molar-refractivity contribution in [2.24, 2.45) is 5.73 Å². The summed E-state index contributed by atoms with van der Waals surface area (Å²) in [5, 5.41) is 14.4. The molecule has 2 atom stereocenters. The molecule has 0 aliphatic heterocycles. The Morgan fingerprint density at radius 1 is 0.750 bits per heavy atom. The van der Waals surface area contributed by atoms with E-state index in [0.717, 1.165) is 19.3 Å². The minimum atomic E-state index is -1.07. The SMILES string of the molecule is CCCCCCCCCCCCCCCC(=O)N[C@@H](C)C(=O)N[C@@H](CCCCN)C(=O)O. The zero-order valence-corrected chi connectivity index (χ0v) is 20.6. The average Bonchev–Trinajstić information content (AvgIpc) is 2.76. The highest BCUT2D eigenvalue weighted by atomic mass is 16.4. The van der Waals surface area contributed by atoms with Gasteiger partial charge in [-0.25, -0.2) is 4.79 Å². The number of carboxylic acid groups (broad SMARTS) is 1. The number of carbonyl (C=O) groups excluding carboxylic acids is 2. The lowest BCUT2D eigenvalue weighted by atomic mass is 10.0. The highest BCUT2D eigenvalue weighted by molar-refractivity contribution is 5.90. The number of amides is 2. The third-order valence-corrected chi connectivity index (χ3v) is 5.84. The fourth-order valence-electron chi connectivity index (χ4n) is 3.73. The van der Waals surface area contributed by atoms with E-state index in [1.807, 2.05) is 0 Å². The van der Waals surface area contributed by atoms with E-state index in [1.54, 1.807) is 6.92 Å². The monoisotopic (exact) mass is 455 g/mol. The van der Waals surface area contributed by atoms with Crippen LogP contribution in [0.3, 0.4) is 0 Å². The maximum absolute atomic E-state index is 12.2. The summed E-state index contributed by atoms with van der Waals surface area (Å²) in [6, 6.07) is -1.70. The number of rotatable bonds is 22. The molecule has 0 aromatic rings. The van der Waals surface area contributed by atoms with E-state index in [1.165, 1.54) is 64.2 Å². The smallest absolute Gasteiger partial charge is 0.326 e. The summed E-state index contributed by atoms with van der Waals surface area (Å²) in [5.74, 6) is -1.70. The number of unbranched alkanes of at least 4 members (excludes halogenated alkanes) is 13. The highest BCUT2D eigenvalue weighted by Crippen LogP contribution is 2.13. The van der Waals surface area contributed by atoms with Crippen molar-refractivity contribution in [3.05, 3.63) is 0 Å². The summed E-state index contributed by atoms with van der Waals surface area (Å²) in [5.41, 5.74) is 5.42. The Hall–Kier alpha value is -1.63. The van der Waals surface area contributed by atoms with Gasteiger partial charge in [-0.1, -0.05) is 84.0 Å². The number of carboxylic acids is 1. The number of carbonyl (C=O) groups is 3. The van der Waals surface area contributed by atoms with Crippen LogP contribution in [-0.4, -0.2) is 41.5 Å². The van der Waals surface area contributed by atoms with Crippen LogP contribution in [0.15, 0.2) is 0 Å². The van der Waals surface area contributed by atoms with Gasteiger partial charge in [-0.05, 0) is 39.2 Å². The number of hydrogen-bond acceptors (Lipinski definition) is 4. The molecule has 188 valence electrons. The van der Waals surface area contributed by atoms with Gasteiger partial charge in [0.15, 0.2) is 0 Å². The van der Waals surface area contributed by atoms with Crippen LogP contribution in [0.1, 0.15) is 123 Å². The molecular weight excluding hydrogens is 406 g/mol. The van der Waals surface area contributed by atoms with Crippen LogP contribution in [-0.2, 0) is 14.4 Å². The van der Waals surface area contributed by atoms with Crippen LogP contribution < -0.4 is 16.4 Å². The first-order chi connectivity index (χ1) is 15.4. The molecule has 0 aliphatic rings. The summed E-state index contributed by atoms with van der Waals surface area (Å²) in [6.07, 6.45) is 18.4. The fraction of sp³-hybridized carbons (Fsp3) is 0.880. The van der Waals surface area contributed by atoms with E-state index in [-0.39, 0.29) is 5.91 Å². The predicted molar refractivity (Wildman–Crippen MR) is 130 cm³/mol. The van der Waals surface area contributed by atoms with E-state index in [0.29, 0.717) is 32.2 Å². The first-order valence-electron chi connectivity index (χ1n) is 12.9. The maximum atomic E-state index is 12.2. The van der Waals surface area contributed by atoms with Crippen LogP contribution in [0.5, 0.6) is 0 Å². The topological polar surface area (TPSA) is 122 Å². The van der Waals surface area contributed by atoms with Gasteiger partial charge in [-0.3, -0.25) is 9.59 Å². The van der Waals surface area contributed by atoms with Gasteiger partial charge in [0, 0.05) is 6.42 Å². The van der Waals surface area contributed by atoms with Crippen molar-refractivity contribution < 1.29 is 19.5 Å². The molecule has 0 aromatic carbocycles. The lowest BCUT2D eigenvalue weighted by Gasteiger charge is -2.18. The van der Waals surface area contributed by atoms with Crippen LogP contribution in [0.2, 0.25) is 0 Å². The fourth-order valence-corrected chi connectivity index (χ4v) is 3.73. The zero-order chi connectivity index (χ0) is 24.0. The molecule has 32 heavy (non-hydrogen) atoms. The molecule has 7 nitrogen and oxygen atoms in total. The third-order valence-electron chi connectivity index (χ3n) is 5.84. The van der Waals surface area contributed by atoms with E-state index in [2.05, 4.69) is 17.6 Å². The molecule has 0 bridgehead atoms. The van der Waals surface area contributed by atoms with Crippen LogP contribution in [0.4, 0.5) is 0 Å². The molecule has 0 radical (unpaired) electrons. The van der Waals surface area contributed by atoms with Gasteiger partial charge in [0.2, 0.25) is 11.8 Å². The molecule has 0 aromatic heterocycles. The largest absolute Gasteiger partial charge is 0.480 e. The number of aliphatic carboxylic acids is 1. The number of nitrogens with two attached hydrogens (primary N) is 1. The molecule has 0 unspecified atom stereocenters. The van der Waals surface area contributed by atoms with Crippen molar-refractivity contribution in [3.8, 4) is 0 Å². The van der Waals surface area contributed by atoms with E-state index in [4.69, 9.17) is 5.73 Å². The Bertz CT molecular complexity index is 500. The maximum Gasteiger partial charge on any atom is 0.326 e. The summed E-state index contributed by atoms with van der Waals surface area (Å²) in [6.45, 7) is 4.32. The van der Waals surface area contributed by atoms with Crippen molar-refractivity contribution in [1.29, 1.82) is 0 Å². The molecule has 0 saturated carbocycles. The second kappa shape index (κ2) is 21.2. The molecule has 0 spiro atoms. The standard InChI is InChI=1S/C25H49N3O4/c1-3-4-5-6-7-8-9-10-11-12-13-14-15-19-23(29)27-21(2)24(30)28-22(25(31)32)18-16-17-20-26/h21-22H,3-20,26H2,1-2H3,(H,27,29)(H,28,30)(H,31,32)/t21-,22-/m0/s1. The van der Waals surface area contributed by atoms with Crippen molar-refractivity contribution >= 4 is 17.8 Å². The molecule has 0 saturated heterocycles. The minimum Gasteiger partial charge on any atom is -0.480 e. The molecule has 0 fully saturated rings. The first-order valence-corrected chi connectivity index (χ1v) is 12.9. The molecule has 0 heterocycles. The summed E-state index contributed by atoms with van der Waals surface area (Å²) in [4.78, 5) is 35.6. The van der Waals surface area contributed by atoms with Gasteiger partial charge in [0.1, 0.15) is 12.1 Å². The van der Waals surface area contributed by atoms with Crippen LogP contribution >= 0.6 is 0 Å². The lowest BCUT2D eigenvalue weighted by molar-refractivity contribution is -0.142. The van der Waals surface area contributed by atoms with Crippen molar-refractivity contribution in [1.82, 2.24) is 10.6 Å². The van der Waals surface area contributed by atoms with E-state index < -0.39 is 24.0 Å². The minimum absolute atomic E-state index is 0.161. The van der Waals surface area contributed by atoms with Crippen molar-refractivity contribution in [2.75, 3.05) is 6.54 Å². The van der Waals surface area contributed by atoms with E-state index in [9.17, 15) is 19.5 Å². The molecule has 0 aliphatic carbocycles. The summed E-state index contributed by atoms with van der Waals surface area (Å²) >= 11 is 0. The Balaban J connectivity index is 3.75. The molecule has 5 N–H and O–H groups in total. The summed E-state index contributed by atoms with van der Waals surface area (Å²) in [7, 11) is 0. The van der Waals surface area contributed by atoms with Gasteiger partial charge in [-0.15, -0.1) is 0 Å². The normalized spacial score (nSPS) is 12.8. The Morgan fingerprint density at radius 3 is 1.72 bits per heavy atom. The molecule has 0 rings (SSSR count).